The molecule has 1 aromatic carbocycles. The Labute approximate surface area is 110 Å². The summed E-state index contributed by atoms with van der Waals surface area (Å²) in [4.78, 5) is 5.10. The van der Waals surface area contributed by atoms with E-state index < -0.39 is 0 Å². The van der Waals surface area contributed by atoms with E-state index in [1.807, 2.05) is 18.2 Å². The first-order chi connectivity index (χ1) is 11.4. The van der Waals surface area contributed by atoms with Crippen LogP contribution in [0.15, 0.2) is 35.4 Å². The lowest BCUT2D eigenvalue weighted by atomic mass is 10.2. The average Bonchev–Trinajstić information content (AvgIpc) is 2.66. The number of hydrogen-bond acceptors (Lipinski definition) is 3. The van der Waals surface area contributed by atoms with Crippen molar-refractivity contribution in [3.63, 3.8) is 0 Å². The Kier molecular flexibility index (Phi) is 3.14. The van der Waals surface area contributed by atoms with Gasteiger partial charge in [0.15, 0.2) is 0 Å². The molecule has 5 heteroatoms. The predicted molar refractivity (Wildman–Crippen MR) is 71.8 cm³/mol. The lowest BCUT2D eigenvalue weighted by Crippen LogP contribution is -2.43. The third kappa shape index (κ3) is 3.75. The van der Waals surface area contributed by atoms with E-state index in [9.17, 15) is 0 Å². The minimum atomic E-state index is 0.0309. The molecule has 96 valence electrons. The van der Waals surface area contributed by atoms with Crippen molar-refractivity contribution in [2.45, 2.75) is 12.6 Å². The van der Waals surface area contributed by atoms with Crippen LogP contribution in [0.1, 0.15) is 14.5 Å². The molecule has 1 heterocycles. The fraction of sp³-hybridized carbons (Fsp3) is 0.500. The molecular weight excluding hydrogens is 216 g/mol. The van der Waals surface area contributed by atoms with Gasteiger partial charge in [0.25, 0.3) is 0 Å². The zero-order valence-corrected chi connectivity index (χ0v) is 9.70. The van der Waals surface area contributed by atoms with Crippen LogP contribution in [0.5, 0.6) is 0 Å². The van der Waals surface area contributed by atoms with Crippen LogP contribution >= 0.6 is 0 Å². The maximum absolute atomic E-state index is 8.29. The van der Waals surface area contributed by atoms with Crippen molar-refractivity contribution in [3.8, 4) is 0 Å². The highest BCUT2D eigenvalue weighted by Crippen LogP contribution is 2.10. The van der Waals surface area contributed by atoms with Gasteiger partial charge in [-0.3, -0.25) is 4.90 Å². The van der Waals surface area contributed by atoms with Gasteiger partial charge in [0, 0.05) is 33.5 Å². The summed E-state index contributed by atoms with van der Waals surface area (Å²) in [5.74, 6) is 0. The van der Waals surface area contributed by atoms with Crippen LogP contribution in [0.2, 0.25) is 0 Å². The van der Waals surface area contributed by atoms with E-state index in [-0.39, 0.29) is 6.10 Å². The Morgan fingerprint density at radius 3 is 3.12 bits per heavy atom. The molecule has 0 aliphatic carbocycles. The second-order valence-corrected chi connectivity index (χ2v) is 4.13. The molecule has 5 nitrogen and oxygen atoms in total. The number of rotatable bonds is 4. The van der Waals surface area contributed by atoms with E-state index in [0.717, 1.165) is 19.6 Å². The molecule has 1 aliphatic heterocycles. The number of benzene rings is 1. The number of hydrogen-bond donors (Lipinski definition) is 0. The van der Waals surface area contributed by atoms with Gasteiger partial charge in [-0.15, -0.1) is 0 Å². The number of ether oxygens (including phenoxy) is 1. The summed E-state index contributed by atoms with van der Waals surface area (Å²) in [7, 11) is 0. The van der Waals surface area contributed by atoms with Crippen LogP contribution < -0.4 is 0 Å². The van der Waals surface area contributed by atoms with Crippen molar-refractivity contribution in [1.82, 2.24) is 4.90 Å². The summed E-state index contributed by atoms with van der Waals surface area (Å²) in [5.41, 5.74) is 9.59. The largest absolute Gasteiger partial charge is 0.375 e. The molecule has 1 aromatic rings. The van der Waals surface area contributed by atoms with Crippen molar-refractivity contribution in [1.29, 1.82) is 0 Å². The van der Waals surface area contributed by atoms with Crippen LogP contribution in [0, 0.1) is 0 Å². The lowest BCUT2D eigenvalue weighted by Gasteiger charge is -2.32. The smallest absolute Gasteiger partial charge is 0.0759 e. The maximum atomic E-state index is 8.29. The van der Waals surface area contributed by atoms with Crippen molar-refractivity contribution in [2.24, 2.45) is 5.11 Å². The summed E-state index contributed by atoms with van der Waals surface area (Å²) in [6.45, 7) is 3.81. The van der Waals surface area contributed by atoms with E-state index in [4.69, 9.17) is 19.2 Å². The third-order valence-corrected chi connectivity index (χ3v) is 2.82. The van der Waals surface area contributed by atoms with Gasteiger partial charge in [0.05, 0.1) is 19.3 Å². The number of nitrogens with zero attached hydrogens (tertiary/aromatic N) is 4. The van der Waals surface area contributed by atoms with E-state index in [1.54, 1.807) is 0 Å². The molecule has 1 aliphatic rings. The Morgan fingerprint density at radius 2 is 2.35 bits per heavy atom. The fourth-order valence-corrected chi connectivity index (χ4v) is 2.00. The highest BCUT2D eigenvalue weighted by atomic mass is 16.5. The monoisotopic (exact) mass is 244 g/mol. The molecular formula is C12H22N4O. The standard InChI is InChI=1S/C12H16N4O.3H2/c13-15-14-8-12-10-16(6-7-17-12)9-11-4-2-1-3-5-11;;;/h1-5,12H,6-10H2;3*1H/i;3*1+1D. The molecule has 0 radical (unpaired) electrons. The Morgan fingerprint density at radius 1 is 1.53 bits per heavy atom. The molecule has 1 fully saturated rings. The van der Waals surface area contributed by atoms with E-state index in [0.29, 0.717) is 13.2 Å². The number of morpholine rings is 1. The first-order valence-corrected chi connectivity index (χ1v) is 5.77. The van der Waals surface area contributed by atoms with Gasteiger partial charge in [0.1, 0.15) is 0 Å². The van der Waals surface area contributed by atoms with Crippen molar-refractivity contribution in [3.05, 3.63) is 46.3 Å². The molecule has 0 amide bonds. The maximum Gasteiger partial charge on any atom is 0.0759 e. The summed E-state index contributed by atoms with van der Waals surface area (Å²) < 4.78 is 35.5. The third-order valence-electron chi connectivity index (χ3n) is 2.82. The van der Waals surface area contributed by atoms with Crippen LogP contribution in [-0.2, 0) is 11.3 Å². The zero-order chi connectivity index (χ0) is 17.9. The van der Waals surface area contributed by atoms with Crippen LogP contribution in [0.3, 0.4) is 0 Å². The summed E-state index contributed by atoms with van der Waals surface area (Å²) >= 11 is 0. The van der Waals surface area contributed by atoms with Crippen molar-refractivity contribution in [2.75, 3.05) is 26.2 Å². The topological polar surface area (TPSA) is 61.2 Å². The Bertz CT molecular complexity index is 408. The summed E-state index contributed by atoms with van der Waals surface area (Å²) in [6, 6.07) is 10.4. The minimum Gasteiger partial charge on any atom is -0.375 e. The van der Waals surface area contributed by atoms with Gasteiger partial charge in [-0.1, -0.05) is 35.4 Å². The first kappa shape index (κ1) is 8.53. The molecule has 0 N–H and O–H groups in total. The van der Waals surface area contributed by atoms with Gasteiger partial charge in [-0.25, -0.2) is 0 Å². The SMILES string of the molecule is [2H][2H].[2H][2H].[2H][2H].[N-]=[N+]=NCC1CN(Cc2ccccc2)CCO1. The molecule has 0 bridgehead atoms. The van der Waals surface area contributed by atoms with Gasteiger partial charge < -0.3 is 4.74 Å². The van der Waals surface area contributed by atoms with E-state index in [2.05, 4.69) is 27.1 Å². The molecule has 1 unspecified atom stereocenters. The second kappa shape index (κ2) is 6.25. The average molecular weight is 244 g/mol. The van der Waals surface area contributed by atoms with Gasteiger partial charge >= 0.3 is 0 Å². The molecule has 1 saturated heterocycles. The molecule has 2 rings (SSSR count). The van der Waals surface area contributed by atoms with E-state index in [1.165, 1.54) is 5.56 Å². The summed E-state index contributed by atoms with van der Waals surface area (Å²) in [6.07, 6.45) is 0.0309. The normalized spacial score (nSPS) is 22.2. The molecule has 1 atom stereocenters. The van der Waals surface area contributed by atoms with Crippen LogP contribution in [0.4, 0.5) is 0 Å². The minimum absolute atomic E-state index is 0.0309. The van der Waals surface area contributed by atoms with Gasteiger partial charge in [0.2, 0.25) is 0 Å². The molecule has 0 aromatic heterocycles. The van der Waals surface area contributed by atoms with Crippen molar-refractivity contribution >= 4 is 0 Å². The molecule has 0 saturated carbocycles. The van der Waals surface area contributed by atoms with E-state index >= 15 is 0 Å². The second-order valence-electron chi connectivity index (χ2n) is 4.13. The highest BCUT2D eigenvalue weighted by molar-refractivity contribution is 5.14. The molecule has 17 heavy (non-hydrogen) atoms. The Balaban J connectivity index is 0. The lowest BCUT2D eigenvalue weighted by molar-refractivity contribution is -0.0259. The number of azide groups is 1. The zero-order valence-electron chi connectivity index (χ0n) is 15.7. The molecule has 0 spiro atoms. The van der Waals surface area contributed by atoms with Crippen LogP contribution in [0.25, 0.3) is 10.4 Å². The summed E-state index contributed by atoms with van der Waals surface area (Å²) in [5, 5.41) is 3.57. The van der Waals surface area contributed by atoms with Crippen LogP contribution in [-0.4, -0.2) is 37.2 Å². The van der Waals surface area contributed by atoms with Gasteiger partial charge in [-0.2, -0.15) is 0 Å². The first-order valence-electron chi connectivity index (χ1n) is 8.77. The van der Waals surface area contributed by atoms with Crippen molar-refractivity contribution < 1.29 is 13.6 Å². The van der Waals surface area contributed by atoms with Gasteiger partial charge in [-0.05, 0) is 11.1 Å². The predicted octanol–water partition coefficient (Wildman–Crippen LogP) is 2.94. The quantitative estimate of drug-likeness (QED) is 0.464. The Hall–Kier alpha value is -1.55. The fourth-order valence-electron chi connectivity index (χ4n) is 2.00. The highest BCUT2D eigenvalue weighted by Gasteiger charge is 2.19.